The lowest BCUT2D eigenvalue weighted by Crippen LogP contribution is -2.19. The molecule has 1 aliphatic heterocycles. The van der Waals surface area contributed by atoms with Crippen LogP contribution in [0, 0.1) is 0 Å². The van der Waals surface area contributed by atoms with E-state index in [0.29, 0.717) is 0 Å². The summed E-state index contributed by atoms with van der Waals surface area (Å²) in [7, 11) is 0. The van der Waals surface area contributed by atoms with E-state index in [-0.39, 0.29) is 0 Å². The van der Waals surface area contributed by atoms with Gasteiger partial charge < -0.3 is 9.30 Å². The molecule has 0 bridgehead atoms. The van der Waals surface area contributed by atoms with Crippen molar-refractivity contribution in [3.63, 3.8) is 0 Å². The molecule has 18 heavy (non-hydrogen) atoms. The van der Waals surface area contributed by atoms with E-state index in [9.17, 15) is 0 Å². The SMILES string of the molecule is c1ccc2c(c1)nc(N1CCCC1)c1cccn12. The third-order valence-corrected chi connectivity index (χ3v) is 3.75. The summed E-state index contributed by atoms with van der Waals surface area (Å²) >= 11 is 0. The molecule has 2 aromatic heterocycles. The number of para-hydroxylation sites is 2. The zero-order valence-electron chi connectivity index (χ0n) is 10.2. The highest BCUT2D eigenvalue weighted by molar-refractivity contribution is 5.85. The van der Waals surface area contributed by atoms with Gasteiger partial charge in [-0.15, -0.1) is 0 Å². The number of nitrogens with zero attached hydrogens (tertiary/aromatic N) is 3. The number of benzene rings is 1. The largest absolute Gasteiger partial charge is 0.355 e. The lowest BCUT2D eigenvalue weighted by molar-refractivity contribution is 0.943. The Bertz CT molecular complexity index is 708. The standard InChI is InChI=1S/C15H15N3/c1-2-7-13-12(6-1)16-15(17-9-3-4-10-17)14-8-5-11-18(13)14/h1-2,5-8,11H,3-4,9-10H2. The van der Waals surface area contributed by atoms with Crippen molar-refractivity contribution in [2.75, 3.05) is 18.0 Å². The van der Waals surface area contributed by atoms with Crippen LogP contribution in [0.15, 0.2) is 42.6 Å². The van der Waals surface area contributed by atoms with Crippen molar-refractivity contribution in [2.45, 2.75) is 12.8 Å². The van der Waals surface area contributed by atoms with Gasteiger partial charge in [-0.25, -0.2) is 4.98 Å². The zero-order valence-corrected chi connectivity index (χ0v) is 10.2. The summed E-state index contributed by atoms with van der Waals surface area (Å²) in [5.41, 5.74) is 3.47. The summed E-state index contributed by atoms with van der Waals surface area (Å²) in [5.74, 6) is 1.14. The predicted molar refractivity (Wildman–Crippen MR) is 74.1 cm³/mol. The maximum absolute atomic E-state index is 4.86. The summed E-state index contributed by atoms with van der Waals surface area (Å²) in [6.07, 6.45) is 4.68. The van der Waals surface area contributed by atoms with Crippen LogP contribution in [-0.4, -0.2) is 22.5 Å². The lowest BCUT2D eigenvalue weighted by atomic mass is 10.3. The molecule has 3 heterocycles. The molecule has 3 heteroatoms. The minimum atomic E-state index is 1.07. The number of fused-ring (bicyclic) bond motifs is 3. The molecule has 1 saturated heterocycles. The molecule has 3 nitrogen and oxygen atoms in total. The van der Waals surface area contributed by atoms with Gasteiger partial charge in [-0.1, -0.05) is 12.1 Å². The Hall–Kier alpha value is -2.03. The fourth-order valence-corrected chi connectivity index (χ4v) is 2.87. The smallest absolute Gasteiger partial charge is 0.153 e. The van der Waals surface area contributed by atoms with Crippen molar-refractivity contribution in [2.24, 2.45) is 0 Å². The van der Waals surface area contributed by atoms with Crippen LogP contribution in [0.4, 0.5) is 5.82 Å². The Morgan fingerprint density at radius 1 is 0.889 bits per heavy atom. The van der Waals surface area contributed by atoms with Gasteiger partial charge in [0.25, 0.3) is 0 Å². The lowest BCUT2D eigenvalue weighted by Gasteiger charge is -2.18. The number of aromatic nitrogens is 2. The maximum atomic E-state index is 4.86. The molecule has 0 radical (unpaired) electrons. The van der Waals surface area contributed by atoms with Gasteiger partial charge in [-0.3, -0.25) is 0 Å². The second kappa shape index (κ2) is 3.73. The number of hydrogen-bond acceptors (Lipinski definition) is 2. The van der Waals surface area contributed by atoms with Crippen molar-refractivity contribution >= 4 is 22.4 Å². The molecule has 1 fully saturated rings. The van der Waals surface area contributed by atoms with Crippen LogP contribution in [0.1, 0.15) is 12.8 Å². The third-order valence-electron chi connectivity index (χ3n) is 3.75. The van der Waals surface area contributed by atoms with Crippen LogP contribution in [-0.2, 0) is 0 Å². The van der Waals surface area contributed by atoms with E-state index in [4.69, 9.17) is 4.98 Å². The molecule has 0 amide bonds. The van der Waals surface area contributed by atoms with E-state index in [1.807, 2.05) is 0 Å². The molecule has 1 aliphatic rings. The molecule has 90 valence electrons. The maximum Gasteiger partial charge on any atom is 0.153 e. The minimum absolute atomic E-state index is 1.07. The molecule has 0 aliphatic carbocycles. The van der Waals surface area contributed by atoms with Crippen molar-refractivity contribution in [3.05, 3.63) is 42.6 Å². The Balaban J connectivity index is 2.07. The highest BCUT2D eigenvalue weighted by Crippen LogP contribution is 2.27. The van der Waals surface area contributed by atoms with Gasteiger partial charge in [0.15, 0.2) is 5.82 Å². The zero-order chi connectivity index (χ0) is 11.9. The predicted octanol–water partition coefficient (Wildman–Crippen LogP) is 3.09. The van der Waals surface area contributed by atoms with Crippen LogP contribution in [0.3, 0.4) is 0 Å². The Morgan fingerprint density at radius 3 is 2.56 bits per heavy atom. The van der Waals surface area contributed by atoms with Crippen LogP contribution in [0.2, 0.25) is 0 Å². The Morgan fingerprint density at radius 2 is 1.67 bits per heavy atom. The van der Waals surface area contributed by atoms with E-state index >= 15 is 0 Å². The van der Waals surface area contributed by atoms with Crippen molar-refractivity contribution in [1.29, 1.82) is 0 Å². The van der Waals surface area contributed by atoms with E-state index in [2.05, 4.69) is 51.9 Å². The van der Waals surface area contributed by atoms with Crippen molar-refractivity contribution < 1.29 is 0 Å². The normalized spacial score (nSPS) is 15.9. The molecule has 1 aromatic carbocycles. The quantitative estimate of drug-likeness (QED) is 0.648. The van der Waals surface area contributed by atoms with E-state index in [1.165, 1.54) is 23.9 Å². The van der Waals surface area contributed by atoms with Crippen molar-refractivity contribution in [1.82, 2.24) is 9.38 Å². The summed E-state index contributed by atoms with van der Waals surface area (Å²) in [6.45, 7) is 2.26. The van der Waals surface area contributed by atoms with Crippen LogP contribution >= 0.6 is 0 Å². The highest BCUT2D eigenvalue weighted by atomic mass is 15.2. The van der Waals surface area contributed by atoms with Gasteiger partial charge >= 0.3 is 0 Å². The van der Waals surface area contributed by atoms with Crippen LogP contribution < -0.4 is 4.90 Å². The van der Waals surface area contributed by atoms with Gasteiger partial charge in [0.1, 0.15) is 0 Å². The number of hydrogen-bond donors (Lipinski definition) is 0. The number of rotatable bonds is 1. The molecule has 0 spiro atoms. The molecule has 3 aromatic rings. The van der Waals surface area contributed by atoms with Crippen LogP contribution in [0.25, 0.3) is 16.6 Å². The molecule has 4 rings (SSSR count). The second-order valence-corrected chi connectivity index (χ2v) is 4.88. The average Bonchev–Trinajstić information content (AvgIpc) is 3.09. The summed E-state index contributed by atoms with van der Waals surface area (Å²) in [4.78, 5) is 7.27. The monoisotopic (exact) mass is 237 g/mol. The fraction of sp³-hybridized carbons (Fsp3) is 0.267. The first-order valence-corrected chi connectivity index (χ1v) is 6.54. The minimum Gasteiger partial charge on any atom is -0.355 e. The first-order chi connectivity index (χ1) is 8.93. The topological polar surface area (TPSA) is 20.5 Å². The fourth-order valence-electron chi connectivity index (χ4n) is 2.87. The molecular weight excluding hydrogens is 222 g/mol. The molecule has 0 atom stereocenters. The molecule has 0 N–H and O–H groups in total. The Labute approximate surface area is 106 Å². The van der Waals surface area contributed by atoms with Gasteiger partial charge in [0.2, 0.25) is 0 Å². The van der Waals surface area contributed by atoms with Gasteiger partial charge in [-0.2, -0.15) is 0 Å². The van der Waals surface area contributed by atoms with E-state index in [1.54, 1.807) is 0 Å². The summed E-state index contributed by atoms with van der Waals surface area (Å²) in [5, 5.41) is 0. The number of anilines is 1. The van der Waals surface area contributed by atoms with Gasteiger partial charge in [-0.05, 0) is 37.1 Å². The molecule has 0 saturated carbocycles. The van der Waals surface area contributed by atoms with Crippen LogP contribution in [0.5, 0.6) is 0 Å². The third kappa shape index (κ3) is 1.33. The highest BCUT2D eigenvalue weighted by Gasteiger charge is 2.17. The average molecular weight is 237 g/mol. The molecule has 0 unspecified atom stereocenters. The summed E-state index contributed by atoms with van der Waals surface area (Å²) in [6, 6.07) is 12.6. The van der Waals surface area contributed by atoms with E-state index < -0.39 is 0 Å². The first kappa shape index (κ1) is 9.95. The van der Waals surface area contributed by atoms with E-state index in [0.717, 1.165) is 24.4 Å². The van der Waals surface area contributed by atoms with Gasteiger partial charge in [0, 0.05) is 19.3 Å². The second-order valence-electron chi connectivity index (χ2n) is 4.88. The Kier molecular flexibility index (Phi) is 2.06. The van der Waals surface area contributed by atoms with Crippen molar-refractivity contribution in [3.8, 4) is 0 Å². The first-order valence-electron chi connectivity index (χ1n) is 6.54. The summed E-state index contributed by atoms with van der Waals surface area (Å²) < 4.78 is 2.25. The molecular formula is C15H15N3. The van der Waals surface area contributed by atoms with Gasteiger partial charge in [0.05, 0.1) is 16.6 Å².